The standard InChI is InChI=1S/C35H39N7O/c1-21-6-7-26(33(36-5)40-32(23-8-9-23)24-10-11-24)16-29(21)39-34(43)28-18-37-42-15-14-25(17-30(28)42)27-12-13-31(38-22(27)2)41-19-35(3,4)20-41/h6-7,12-18,23-24H,8-11,19-20H2,1-5H3,(H,39,43). The number of aromatic nitrogens is 3. The highest BCUT2D eigenvalue weighted by Gasteiger charge is 2.38. The highest BCUT2D eigenvalue weighted by Crippen LogP contribution is 2.42. The molecule has 4 aromatic rings. The van der Waals surface area contributed by atoms with Crippen LogP contribution < -0.4 is 10.2 Å². The zero-order chi connectivity index (χ0) is 29.9. The van der Waals surface area contributed by atoms with Gasteiger partial charge in [-0.3, -0.25) is 9.79 Å². The predicted octanol–water partition coefficient (Wildman–Crippen LogP) is 6.75. The summed E-state index contributed by atoms with van der Waals surface area (Å²) in [5.74, 6) is 2.80. The van der Waals surface area contributed by atoms with Crippen molar-refractivity contribution in [2.75, 3.05) is 30.4 Å². The highest BCUT2D eigenvalue weighted by atomic mass is 16.1. The van der Waals surface area contributed by atoms with Gasteiger partial charge in [0.2, 0.25) is 0 Å². The number of anilines is 2. The second-order valence-corrected chi connectivity index (χ2v) is 13.2. The van der Waals surface area contributed by atoms with E-state index in [0.29, 0.717) is 22.8 Å². The minimum atomic E-state index is -0.201. The molecule has 1 aliphatic heterocycles. The van der Waals surface area contributed by atoms with E-state index in [1.165, 1.54) is 31.4 Å². The van der Waals surface area contributed by atoms with E-state index in [2.05, 4.69) is 46.3 Å². The first kappa shape index (κ1) is 27.5. The van der Waals surface area contributed by atoms with E-state index in [0.717, 1.165) is 63.9 Å². The van der Waals surface area contributed by atoms with Crippen LogP contribution in [0.4, 0.5) is 11.5 Å². The van der Waals surface area contributed by atoms with Gasteiger partial charge in [-0.05, 0) is 98.2 Å². The van der Waals surface area contributed by atoms with E-state index < -0.39 is 0 Å². The summed E-state index contributed by atoms with van der Waals surface area (Å²) in [6.45, 7) is 10.6. The van der Waals surface area contributed by atoms with Crippen LogP contribution in [0.5, 0.6) is 0 Å². The summed E-state index contributed by atoms with van der Waals surface area (Å²) in [6.07, 6.45) is 8.48. The molecular formula is C35H39N7O. The number of carbonyl (C=O) groups is 1. The van der Waals surface area contributed by atoms with E-state index in [4.69, 9.17) is 9.98 Å². The molecule has 4 heterocycles. The Kier molecular flexibility index (Phi) is 6.67. The Labute approximate surface area is 253 Å². The third-order valence-electron chi connectivity index (χ3n) is 8.89. The summed E-state index contributed by atoms with van der Waals surface area (Å²) < 4.78 is 1.74. The predicted molar refractivity (Wildman–Crippen MR) is 174 cm³/mol. The quantitative estimate of drug-likeness (QED) is 0.196. The number of amides is 1. The Hall–Kier alpha value is -4.33. The number of nitrogens with zero attached hydrogens (tertiary/aromatic N) is 6. The van der Waals surface area contributed by atoms with Gasteiger partial charge in [-0.1, -0.05) is 26.0 Å². The number of hydrogen-bond donors (Lipinski definition) is 1. The lowest BCUT2D eigenvalue weighted by atomic mass is 9.84. The summed E-state index contributed by atoms with van der Waals surface area (Å²) in [7, 11) is 1.79. The average molecular weight is 574 g/mol. The fourth-order valence-electron chi connectivity index (χ4n) is 6.23. The maximum Gasteiger partial charge on any atom is 0.259 e. The Morgan fingerprint density at radius 1 is 1.00 bits per heavy atom. The Balaban J connectivity index is 1.14. The van der Waals surface area contributed by atoms with E-state index in [9.17, 15) is 4.79 Å². The second kappa shape index (κ2) is 10.4. The molecule has 220 valence electrons. The monoisotopic (exact) mass is 573 g/mol. The first-order valence-electron chi connectivity index (χ1n) is 15.4. The van der Waals surface area contributed by atoms with Crippen LogP contribution in [0.3, 0.4) is 0 Å². The molecule has 0 unspecified atom stereocenters. The van der Waals surface area contributed by atoms with Crippen molar-refractivity contribution in [3.63, 3.8) is 0 Å². The summed E-state index contributed by atoms with van der Waals surface area (Å²) in [5, 5.41) is 7.61. The van der Waals surface area contributed by atoms with Crippen molar-refractivity contribution in [3.8, 4) is 11.1 Å². The van der Waals surface area contributed by atoms with Crippen molar-refractivity contribution in [1.29, 1.82) is 0 Å². The Morgan fingerprint density at radius 2 is 1.74 bits per heavy atom. The van der Waals surface area contributed by atoms with Gasteiger partial charge in [0, 0.05) is 54.6 Å². The minimum Gasteiger partial charge on any atom is -0.355 e. The molecule has 3 aromatic heterocycles. The van der Waals surface area contributed by atoms with Crippen LogP contribution >= 0.6 is 0 Å². The largest absolute Gasteiger partial charge is 0.355 e. The molecule has 2 aliphatic carbocycles. The molecule has 2 saturated carbocycles. The molecule has 1 saturated heterocycles. The lowest BCUT2D eigenvalue weighted by Crippen LogP contribution is -2.53. The van der Waals surface area contributed by atoms with Gasteiger partial charge in [0.1, 0.15) is 5.82 Å². The number of benzene rings is 1. The topological polar surface area (TPSA) is 87.2 Å². The smallest absolute Gasteiger partial charge is 0.259 e. The van der Waals surface area contributed by atoms with Crippen molar-refractivity contribution in [2.24, 2.45) is 27.2 Å². The molecule has 8 heteroatoms. The zero-order valence-corrected chi connectivity index (χ0v) is 25.7. The summed E-state index contributed by atoms with van der Waals surface area (Å²) >= 11 is 0. The van der Waals surface area contributed by atoms with Crippen LogP contribution in [0.15, 0.2) is 64.8 Å². The van der Waals surface area contributed by atoms with E-state index >= 15 is 0 Å². The third-order valence-corrected chi connectivity index (χ3v) is 8.89. The second-order valence-electron chi connectivity index (χ2n) is 13.2. The Morgan fingerprint density at radius 3 is 2.40 bits per heavy atom. The molecule has 0 spiro atoms. The van der Waals surface area contributed by atoms with E-state index in [1.807, 2.05) is 50.4 Å². The number of pyridine rings is 2. The average Bonchev–Trinajstić information content (AvgIpc) is 3.91. The minimum absolute atomic E-state index is 0.201. The van der Waals surface area contributed by atoms with Crippen molar-refractivity contribution in [2.45, 2.75) is 53.4 Å². The van der Waals surface area contributed by atoms with Gasteiger partial charge >= 0.3 is 0 Å². The summed E-state index contributed by atoms with van der Waals surface area (Å²) in [5.41, 5.74) is 8.58. The molecule has 1 N–H and O–H groups in total. The number of hydrogen-bond acceptors (Lipinski definition) is 5. The maximum absolute atomic E-state index is 13.7. The fourth-order valence-corrected chi connectivity index (χ4v) is 6.23. The van der Waals surface area contributed by atoms with Gasteiger partial charge in [0.05, 0.1) is 17.3 Å². The molecular weight excluding hydrogens is 534 g/mol. The van der Waals surface area contributed by atoms with Crippen molar-refractivity contribution < 1.29 is 4.79 Å². The molecule has 0 atom stereocenters. The number of aliphatic imine (C=N–C) groups is 2. The number of fused-ring (bicyclic) bond motifs is 1. The number of aryl methyl sites for hydroxylation is 2. The van der Waals surface area contributed by atoms with Crippen molar-refractivity contribution >= 4 is 34.5 Å². The molecule has 1 amide bonds. The van der Waals surface area contributed by atoms with Crippen molar-refractivity contribution in [3.05, 3.63) is 77.2 Å². The maximum atomic E-state index is 13.7. The van der Waals surface area contributed by atoms with Crippen LogP contribution in [0.1, 0.15) is 66.7 Å². The third kappa shape index (κ3) is 5.46. The SMILES string of the molecule is CN=C(N=C(C1CC1)C1CC1)c1ccc(C)c(NC(=O)c2cnn3ccc(-c4ccc(N5CC(C)(C)C5)nc4C)cc23)c1. The highest BCUT2D eigenvalue weighted by molar-refractivity contribution is 6.12. The van der Waals surface area contributed by atoms with Gasteiger partial charge in [-0.25, -0.2) is 14.5 Å². The molecule has 1 aromatic carbocycles. The van der Waals surface area contributed by atoms with Crippen molar-refractivity contribution in [1.82, 2.24) is 14.6 Å². The van der Waals surface area contributed by atoms with E-state index in [-0.39, 0.29) is 5.91 Å². The molecule has 3 fully saturated rings. The lowest BCUT2D eigenvalue weighted by molar-refractivity contribution is 0.102. The van der Waals surface area contributed by atoms with E-state index in [1.54, 1.807) is 17.8 Å². The fraction of sp³-hybridized carbons (Fsp3) is 0.400. The van der Waals surface area contributed by atoms with Crippen LogP contribution in [0, 0.1) is 31.1 Å². The summed E-state index contributed by atoms with van der Waals surface area (Å²) in [4.78, 5) is 30.4. The normalized spacial score (nSPS) is 18.0. The van der Waals surface area contributed by atoms with Crippen LogP contribution in [0.25, 0.3) is 16.6 Å². The number of nitrogens with one attached hydrogen (secondary N) is 1. The molecule has 0 bridgehead atoms. The number of amidine groups is 1. The molecule has 43 heavy (non-hydrogen) atoms. The van der Waals surface area contributed by atoms with Gasteiger partial charge in [0.15, 0.2) is 5.84 Å². The zero-order valence-electron chi connectivity index (χ0n) is 25.7. The van der Waals surface area contributed by atoms with Gasteiger partial charge in [-0.15, -0.1) is 0 Å². The van der Waals surface area contributed by atoms with Gasteiger partial charge < -0.3 is 10.2 Å². The number of carbonyl (C=O) groups excluding carboxylic acids is 1. The van der Waals surface area contributed by atoms with Gasteiger partial charge in [0.25, 0.3) is 5.91 Å². The molecule has 8 nitrogen and oxygen atoms in total. The number of rotatable bonds is 7. The summed E-state index contributed by atoms with van der Waals surface area (Å²) in [6, 6.07) is 14.3. The van der Waals surface area contributed by atoms with Gasteiger partial charge in [-0.2, -0.15) is 5.10 Å². The molecule has 0 radical (unpaired) electrons. The lowest BCUT2D eigenvalue weighted by Gasteiger charge is -2.46. The first-order chi connectivity index (χ1) is 20.7. The first-order valence-corrected chi connectivity index (χ1v) is 15.4. The van der Waals surface area contributed by atoms with Crippen LogP contribution in [-0.2, 0) is 0 Å². The molecule has 3 aliphatic rings. The van der Waals surface area contributed by atoms with Crippen LogP contribution in [0.2, 0.25) is 0 Å². The Bertz CT molecular complexity index is 1780. The van der Waals surface area contributed by atoms with Crippen LogP contribution in [-0.4, -0.2) is 52.2 Å². The molecule has 7 rings (SSSR count).